The van der Waals surface area contributed by atoms with Crippen LogP contribution < -0.4 is 15.5 Å². The summed E-state index contributed by atoms with van der Waals surface area (Å²) in [6.07, 6.45) is 0. The van der Waals surface area contributed by atoms with E-state index in [4.69, 9.17) is 21.1 Å². The number of H-pyrrole nitrogens is 1. The second-order valence-corrected chi connectivity index (χ2v) is 7.33. The number of amides is 1. The minimum atomic E-state index is -0.786. The first kappa shape index (κ1) is 20.8. The van der Waals surface area contributed by atoms with E-state index in [9.17, 15) is 14.4 Å². The largest absolute Gasteiger partial charge is 0.497 e. The molecule has 150 valence electrons. The Balaban J connectivity index is 1.84. The van der Waals surface area contributed by atoms with Crippen molar-refractivity contribution in [2.24, 2.45) is 0 Å². The number of nitrogens with one attached hydrogen (secondary N) is 2. The normalized spacial score (nSPS) is 10.6. The molecule has 0 aliphatic heterocycles. The SMILES string of the molecule is COC(=O)c1c(SCC(=O)Nc2ccc(OC)cc2)[nH]c2ccc(Cl)cc2c1=O. The zero-order valence-electron chi connectivity index (χ0n) is 15.6. The number of anilines is 1. The van der Waals surface area contributed by atoms with Crippen molar-refractivity contribution >= 4 is 51.8 Å². The van der Waals surface area contributed by atoms with Crippen LogP contribution in [0.4, 0.5) is 5.69 Å². The molecule has 0 radical (unpaired) electrons. The van der Waals surface area contributed by atoms with Crippen LogP contribution in [0.25, 0.3) is 10.9 Å². The number of esters is 1. The maximum atomic E-state index is 12.8. The van der Waals surface area contributed by atoms with Gasteiger partial charge in [0.1, 0.15) is 11.3 Å². The van der Waals surface area contributed by atoms with Gasteiger partial charge < -0.3 is 19.8 Å². The lowest BCUT2D eigenvalue weighted by atomic mass is 10.1. The first-order chi connectivity index (χ1) is 13.9. The van der Waals surface area contributed by atoms with Crippen molar-refractivity contribution in [3.05, 3.63) is 63.3 Å². The average molecular weight is 433 g/mol. The molecule has 0 bridgehead atoms. The molecule has 1 heterocycles. The number of fused-ring (bicyclic) bond motifs is 1. The summed E-state index contributed by atoms with van der Waals surface area (Å²) in [5.74, 6) is -0.432. The van der Waals surface area contributed by atoms with Gasteiger partial charge in [0, 0.05) is 16.1 Å². The van der Waals surface area contributed by atoms with Crippen LogP contribution in [0.3, 0.4) is 0 Å². The van der Waals surface area contributed by atoms with E-state index in [1.165, 1.54) is 13.2 Å². The molecule has 3 rings (SSSR count). The first-order valence-electron chi connectivity index (χ1n) is 8.43. The molecule has 0 saturated carbocycles. The van der Waals surface area contributed by atoms with E-state index in [1.54, 1.807) is 43.5 Å². The van der Waals surface area contributed by atoms with Gasteiger partial charge in [0.15, 0.2) is 0 Å². The number of pyridine rings is 1. The second-order valence-electron chi connectivity index (χ2n) is 5.91. The number of carbonyl (C=O) groups excluding carboxylic acids is 2. The van der Waals surface area contributed by atoms with Crippen LogP contribution in [-0.4, -0.2) is 36.8 Å². The Morgan fingerprint density at radius 1 is 1.14 bits per heavy atom. The van der Waals surface area contributed by atoms with Crippen molar-refractivity contribution in [1.29, 1.82) is 0 Å². The monoisotopic (exact) mass is 432 g/mol. The predicted octanol–water partition coefficient (Wildman–Crippen LogP) is 3.71. The zero-order valence-corrected chi connectivity index (χ0v) is 17.1. The van der Waals surface area contributed by atoms with Crippen LogP contribution in [0.1, 0.15) is 10.4 Å². The molecule has 1 aromatic heterocycles. The van der Waals surface area contributed by atoms with Gasteiger partial charge in [0.2, 0.25) is 11.3 Å². The number of thioether (sulfide) groups is 1. The molecule has 0 fully saturated rings. The molecular weight excluding hydrogens is 416 g/mol. The topological polar surface area (TPSA) is 97.5 Å². The van der Waals surface area contributed by atoms with E-state index in [0.717, 1.165) is 11.8 Å². The van der Waals surface area contributed by atoms with Crippen LogP contribution in [0.5, 0.6) is 5.75 Å². The molecule has 7 nitrogen and oxygen atoms in total. The molecule has 1 amide bonds. The van der Waals surface area contributed by atoms with Gasteiger partial charge in [-0.1, -0.05) is 23.4 Å². The number of benzene rings is 2. The summed E-state index contributed by atoms with van der Waals surface area (Å²) in [4.78, 5) is 40.3. The molecular formula is C20H17ClN2O5S. The van der Waals surface area contributed by atoms with Crippen molar-refractivity contribution in [1.82, 2.24) is 4.98 Å². The fraction of sp³-hybridized carbons (Fsp3) is 0.150. The molecule has 3 aromatic rings. The molecule has 0 unspecified atom stereocenters. The molecule has 0 saturated heterocycles. The van der Waals surface area contributed by atoms with E-state index < -0.39 is 11.4 Å². The van der Waals surface area contributed by atoms with Crippen molar-refractivity contribution in [2.45, 2.75) is 5.03 Å². The highest BCUT2D eigenvalue weighted by atomic mass is 35.5. The Morgan fingerprint density at radius 3 is 2.52 bits per heavy atom. The van der Waals surface area contributed by atoms with Gasteiger partial charge in [0.25, 0.3) is 0 Å². The molecule has 0 atom stereocenters. The quantitative estimate of drug-likeness (QED) is 0.455. The third-order valence-corrected chi connectivity index (χ3v) is 5.28. The van der Waals surface area contributed by atoms with E-state index in [2.05, 4.69) is 10.3 Å². The third kappa shape index (κ3) is 4.72. The van der Waals surface area contributed by atoms with Gasteiger partial charge >= 0.3 is 5.97 Å². The Labute approximate surface area is 175 Å². The van der Waals surface area contributed by atoms with Crippen LogP contribution in [0.15, 0.2) is 52.3 Å². The molecule has 0 aliphatic rings. The van der Waals surface area contributed by atoms with Crippen LogP contribution in [-0.2, 0) is 9.53 Å². The number of aromatic nitrogens is 1. The van der Waals surface area contributed by atoms with E-state index in [0.29, 0.717) is 22.0 Å². The third-order valence-electron chi connectivity index (χ3n) is 4.04. The maximum Gasteiger partial charge on any atom is 0.344 e. The van der Waals surface area contributed by atoms with Gasteiger partial charge in [0.05, 0.1) is 30.5 Å². The minimum absolute atomic E-state index is 0.0228. The summed E-state index contributed by atoms with van der Waals surface area (Å²) >= 11 is 6.99. The lowest BCUT2D eigenvalue weighted by Gasteiger charge is -2.10. The molecule has 29 heavy (non-hydrogen) atoms. The fourth-order valence-corrected chi connectivity index (χ4v) is 3.66. The Kier molecular flexibility index (Phi) is 6.46. The summed E-state index contributed by atoms with van der Waals surface area (Å²) in [7, 11) is 2.75. The highest BCUT2D eigenvalue weighted by Crippen LogP contribution is 2.24. The van der Waals surface area contributed by atoms with E-state index in [1.807, 2.05) is 0 Å². The van der Waals surface area contributed by atoms with Crippen molar-refractivity contribution < 1.29 is 19.1 Å². The van der Waals surface area contributed by atoms with Crippen molar-refractivity contribution in [2.75, 3.05) is 25.3 Å². The molecule has 9 heteroatoms. The lowest BCUT2D eigenvalue weighted by molar-refractivity contribution is -0.113. The Hall–Kier alpha value is -2.97. The number of carbonyl (C=O) groups is 2. The summed E-state index contributed by atoms with van der Waals surface area (Å²) in [5, 5.41) is 3.64. The summed E-state index contributed by atoms with van der Waals surface area (Å²) in [5.41, 5.74) is 0.437. The number of hydrogen-bond acceptors (Lipinski definition) is 6. The van der Waals surface area contributed by atoms with Gasteiger partial charge in [-0.25, -0.2) is 4.79 Å². The highest BCUT2D eigenvalue weighted by Gasteiger charge is 2.21. The van der Waals surface area contributed by atoms with E-state index in [-0.39, 0.29) is 27.6 Å². The minimum Gasteiger partial charge on any atom is -0.497 e. The molecule has 0 aliphatic carbocycles. The standard InChI is InChI=1S/C20H17ClN2O5S/c1-27-13-6-4-12(5-7-13)22-16(24)10-29-19-17(20(26)28-2)18(25)14-9-11(21)3-8-15(14)23-19/h3-9H,10H2,1-2H3,(H,22,24)(H,23,25). The summed E-state index contributed by atoms with van der Waals surface area (Å²) < 4.78 is 9.82. The van der Waals surface area contributed by atoms with Crippen LogP contribution in [0, 0.1) is 0 Å². The van der Waals surface area contributed by atoms with Gasteiger partial charge in [-0.3, -0.25) is 9.59 Å². The average Bonchev–Trinajstić information content (AvgIpc) is 2.73. The van der Waals surface area contributed by atoms with Crippen LogP contribution >= 0.6 is 23.4 Å². The molecule has 2 aromatic carbocycles. The summed E-state index contributed by atoms with van der Waals surface area (Å²) in [6.45, 7) is 0. The molecule has 2 N–H and O–H groups in total. The Morgan fingerprint density at radius 2 is 1.86 bits per heavy atom. The number of hydrogen-bond donors (Lipinski definition) is 2. The zero-order chi connectivity index (χ0) is 21.0. The second kappa shape index (κ2) is 9.02. The maximum absolute atomic E-state index is 12.8. The van der Waals surface area contributed by atoms with Gasteiger partial charge in [-0.2, -0.15) is 0 Å². The summed E-state index contributed by atoms with van der Waals surface area (Å²) in [6, 6.07) is 11.6. The number of ether oxygens (including phenoxy) is 2. The highest BCUT2D eigenvalue weighted by molar-refractivity contribution is 8.00. The fourth-order valence-electron chi connectivity index (χ4n) is 2.64. The Bertz CT molecular complexity index is 1130. The van der Waals surface area contributed by atoms with Crippen LogP contribution in [0.2, 0.25) is 5.02 Å². The van der Waals surface area contributed by atoms with Gasteiger partial charge in [-0.15, -0.1) is 0 Å². The molecule has 0 spiro atoms. The number of methoxy groups -OCH3 is 2. The van der Waals surface area contributed by atoms with Crippen molar-refractivity contribution in [3.8, 4) is 5.75 Å². The van der Waals surface area contributed by atoms with Gasteiger partial charge in [-0.05, 0) is 42.5 Å². The smallest absolute Gasteiger partial charge is 0.344 e. The number of aromatic amines is 1. The van der Waals surface area contributed by atoms with Crippen molar-refractivity contribution in [3.63, 3.8) is 0 Å². The first-order valence-corrected chi connectivity index (χ1v) is 9.80. The predicted molar refractivity (Wildman–Crippen MR) is 113 cm³/mol. The van der Waals surface area contributed by atoms with E-state index >= 15 is 0 Å². The number of halogens is 1. The lowest BCUT2D eigenvalue weighted by Crippen LogP contribution is -2.20. The number of rotatable bonds is 6.